The number of sulfonamides is 1. The van der Waals surface area contributed by atoms with E-state index >= 15 is 0 Å². The molecule has 0 radical (unpaired) electrons. The van der Waals surface area contributed by atoms with Gasteiger partial charge in [-0.3, -0.25) is 9.71 Å². The number of nitrogens with one attached hydrogen (secondary N) is 1. The van der Waals surface area contributed by atoms with Crippen LogP contribution in [0.15, 0.2) is 41.6 Å². The fourth-order valence-electron chi connectivity index (χ4n) is 1.81. The van der Waals surface area contributed by atoms with Gasteiger partial charge in [0.2, 0.25) is 0 Å². The summed E-state index contributed by atoms with van der Waals surface area (Å²) in [5.74, 6) is 0. The van der Waals surface area contributed by atoms with E-state index in [-0.39, 0.29) is 9.92 Å². The molecule has 21 heavy (non-hydrogen) atoms. The van der Waals surface area contributed by atoms with Crippen molar-refractivity contribution in [3.05, 3.63) is 47.2 Å². The lowest BCUT2D eigenvalue weighted by Gasteiger charge is -2.05. The zero-order chi connectivity index (χ0) is 15.0. The van der Waals surface area contributed by atoms with Crippen molar-refractivity contribution in [3.63, 3.8) is 0 Å². The minimum atomic E-state index is -3.80. The molecule has 3 aromatic rings. The van der Waals surface area contributed by atoms with Crippen LogP contribution in [-0.2, 0) is 10.0 Å². The van der Waals surface area contributed by atoms with E-state index in [1.54, 1.807) is 0 Å². The Morgan fingerprint density at radius 1 is 1.29 bits per heavy atom. The maximum Gasteiger partial charge on any atom is 0.266 e. The van der Waals surface area contributed by atoms with Crippen molar-refractivity contribution < 1.29 is 8.42 Å². The van der Waals surface area contributed by atoms with Gasteiger partial charge in [-0.1, -0.05) is 29.0 Å². The highest BCUT2D eigenvalue weighted by molar-refractivity contribution is 7.93. The van der Waals surface area contributed by atoms with Gasteiger partial charge >= 0.3 is 0 Å². The summed E-state index contributed by atoms with van der Waals surface area (Å²) in [7, 11) is -3.80. The van der Waals surface area contributed by atoms with Gasteiger partial charge in [0.05, 0.1) is 15.2 Å². The van der Waals surface area contributed by atoms with Crippen LogP contribution in [0.1, 0.15) is 5.56 Å². The Bertz CT molecular complexity index is 922. The summed E-state index contributed by atoms with van der Waals surface area (Å²) in [5.41, 5.74) is 1.84. The zero-order valence-corrected chi connectivity index (χ0v) is 13.3. The lowest BCUT2D eigenvalue weighted by Crippen LogP contribution is -2.13. The first kappa shape index (κ1) is 14.2. The molecule has 1 N–H and O–H groups in total. The number of fused-ring (bicyclic) bond motifs is 1. The average Bonchev–Trinajstić information content (AvgIpc) is 2.79. The molecule has 0 aliphatic heterocycles. The van der Waals surface area contributed by atoms with Crippen LogP contribution in [0.4, 0.5) is 5.13 Å². The van der Waals surface area contributed by atoms with Gasteiger partial charge < -0.3 is 0 Å². The second-order valence-electron chi connectivity index (χ2n) is 4.40. The summed E-state index contributed by atoms with van der Waals surface area (Å²) < 4.78 is 28.0. The fourth-order valence-corrected chi connectivity index (χ4v) is 4.44. The molecule has 108 valence electrons. The number of nitrogens with zero attached hydrogens (tertiary/aromatic N) is 2. The largest absolute Gasteiger partial charge is 0.266 e. The van der Waals surface area contributed by atoms with E-state index in [1.807, 2.05) is 25.1 Å². The lowest BCUT2D eigenvalue weighted by atomic mass is 10.2. The number of halogens is 1. The molecule has 0 atom stereocenters. The molecule has 8 heteroatoms. The van der Waals surface area contributed by atoms with Crippen LogP contribution >= 0.6 is 22.9 Å². The van der Waals surface area contributed by atoms with Gasteiger partial charge in [-0.15, -0.1) is 0 Å². The van der Waals surface area contributed by atoms with Gasteiger partial charge in [0.25, 0.3) is 10.0 Å². The molecule has 0 spiro atoms. The first-order chi connectivity index (χ1) is 9.95. The molecule has 3 rings (SSSR count). The summed E-state index contributed by atoms with van der Waals surface area (Å²) in [6, 6.07) is 7.17. The SMILES string of the molecule is Cc1ccc2nc(NS(=O)(=O)c3cnccc3Cl)sc2c1. The van der Waals surface area contributed by atoms with Crippen molar-refractivity contribution in [3.8, 4) is 0 Å². The van der Waals surface area contributed by atoms with E-state index < -0.39 is 10.0 Å². The zero-order valence-electron chi connectivity index (χ0n) is 10.9. The van der Waals surface area contributed by atoms with E-state index in [2.05, 4.69) is 14.7 Å². The lowest BCUT2D eigenvalue weighted by molar-refractivity contribution is 0.601. The molecule has 0 saturated carbocycles. The Kier molecular flexibility index (Phi) is 3.56. The topological polar surface area (TPSA) is 72.0 Å². The third-order valence-electron chi connectivity index (χ3n) is 2.79. The number of rotatable bonds is 3. The summed E-state index contributed by atoms with van der Waals surface area (Å²) >= 11 is 7.17. The summed E-state index contributed by atoms with van der Waals surface area (Å²) in [6.07, 6.45) is 2.64. The van der Waals surface area contributed by atoms with Gasteiger partial charge in [-0.25, -0.2) is 13.4 Å². The number of hydrogen-bond donors (Lipinski definition) is 1. The third-order valence-corrected chi connectivity index (χ3v) is 5.66. The third kappa shape index (κ3) is 2.85. The maximum absolute atomic E-state index is 12.3. The smallest absolute Gasteiger partial charge is 0.263 e. The second-order valence-corrected chi connectivity index (χ2v) is 7.49. The molecule has 0 saturated heterocycles. The Hall–Kier alpha value is -1.70. The fraction of sp³-hybridized carbons (Fsp3) is 0.0769. The predicted molar refractivity (Wildman–Crippen MR) is 84.4 cm³/mol. The average molecular weight is 340 g/mol. The molecule has 0 fully saturated rings. The van der Waals surface area contributed by atoms with E-state index in [4.69, 9.17) is 11.6 Å². The van der Waals surface area contributed by atoms with Crippen LogP contribution in [0.3, 0.4) is 0 Å². The van der Waals surface area contributed by atoms with E-state index in [0.717, 1.165) is 15.8 Å². The normalized spacial score (nSPS) is 11.7. The van der Waals surface area contributed by atoms with Crippen molar-refractivity contribution in [2.45, 2.75) is 11.8 Å². The number of hydrogen-bond acceptors (Lipinski definition) is 5. The van der Waals surface area contributed by atoms with Crippen molar-refractivity contribution in [1.29, 1.82) is 0 Å². The quantitative estimate of drug-likeness (QED) is 0.793. The Balaban J connectivity index is 1.99. The monoisotopic (exact) mass is 339 g/mol. The van der Waals surface area contributed by atoms with Crippen LogP contribution < -0.4 is 4.72 Å². The first-order valence-corrected chi connectivity index (χ1v) is 8.63. The highest BCUT2D eigenvalue weighted by atomic mass is 35.5. The minimum absolute atomic E-state index is 0.0675. The highest BCUT2D eigenvalue weighted by Gasteiger charge is 2.20. The van der Waals surface area contributed by atoms with Gasteiger partial charge in [0.15, 0.2) is 5.13 Å². The number of aryl methyl sites for hydroxylation is 1. The maximum atomic E-state index is 12.3. The molecule has 0 unspecified atom stereocenters. The van der Waals surface area contributed by atoms with Crippen LogP contribution in [-0.4, -0.2) is 18.4 Å². The molecule has 5 nitrogen and oxygen atoms in total. The molecule has 0 amide bonds. The molecule has 0 bridgehead atoms. The summed E-state index contributed by atoms with van der Waals surface area (Å²) in [4.78, 5) is 7.98. The molecule has 0 aliphatic rings. The van der Waals surface area contributed by atoms with E-state index in [0.29, 0.717) is 5.13 Å². The molecule has 2 heterocycles. The molecule has 1 aromatic carbocycles. The van der Waals surface area contributed by atoms with Gasteiger partial charge in [0, 0.05) is 12.4 Å². The van der Waals surface area contributed by atoms with Crippen molar-refractivity contribution in [1.82, 2.24) is 9.97 Å². The minimum Gasteiger partial charge on any atom is -0.263 e. The van der Waals surface area contributed by atoms with Crippen LogP contribution in [0.2, 0.25) is 5.02 Å². The van der Waals surface area contributed by atoms with Crippen LogP contribution in [0.5, 0.6) is 0 Å². The Morgan fingerprint density at radius 3 is 2.86 bits per heavy atom. The first-order valence-electron chi connectivity index (χ1n) is 5.95. The standard InChI is InChI=1S/C13H10ClN3O2S2/c1-8-2-3-10-11(6-8)20-13(16-10)17-21(18,19)12-7-15-5-4-9(12)14/h2-7H,1H3,(H,16,17). The van der Waals surface area contributed by atoms with Crippen LogP contribution in [0, 0.1) is 6.92 Å². The summed E-state index contributed by atoms with van der Waals surface area (Å²) in [6.45, 7) is 1.97. The van der Waals surface area contributed by atoms with Gasteiger partial charge in [-0.2, -0.15) is 0 Å². The van der Waals surface area contributed by atoms with E-state index in [9.17, 15) is 8.42 Å². The molecule has 2 aromatic heterocycles. The van der Waals surface area contributed by atoms with Crippen molar-refractivity contribution in [2.75, 3.05) is 4.72 Å². The Morgan fingerprint density at radius 2 is 2.10 bits per heavy atom. The van der Waals surface area contributed by atoms with Gasteiger partial charge in [-0.05, 0) is 30.7 Å². The van der Waals surface area contributed by atoms with Crippen molar-refractivity contribution >= 4 is 48.3 Å². The second kappa shape index (κ2) is 5.25. The number of aromatic nitrogens is 2. The Labute approximate surface area is 130 Å². The molecular formula is C13H10ClN3O2S2. The molecular weight excluding hydrogens is 330 g/mol. The number of pyridine rings is 1. The van der Waals surface area contributed by atoms with Crippen molar-refractivity contribution in [2.24, 2.45) is 0 Å². The highest BCUT2D eigenvalue weighted by Crippen LogP contribution is 2.29. The number of benzene rings is 1. The predicted octanol–water partition coefficient (Wildman–Crippen LogP) is 3.45. The van der Waals surface area contributed by atoms with Gasteiger partial charge in [0.1, 0.15) is 4.90 Å². The van der Waals surface area contributed by atoms with E-state index in [1.165, 1.54) is 29.8 Å². The number of anilines is 1. The number of thiazole rings is 1. The van der Waals surface area contributed by atoms with Crippen LogP contribution in [0.25, 0.3) is 10.2 Å². The molecule has 0 aliphatic carbocycles. The summed E-state index contributed by atoms with van der Waals surface area (Å²) in [5, 5.41) is 0.421.